The number of pyridine rings is 2. The third-order valence-corrected chi connectivity index (χ3v) is 9.71. The molecule has 210 valence electrons. The molecule has 9 aromatic rings. The summed E-state index contributed by atoms with van der Waals surface area (Å²) < 4.78 is 2.32. The molecule has 10 rings (SSSR count). The second-order valence-electron chi connectivity index (χ2n) is 12.2. The lowest BCUT2D eigenvalue weighted by atomic mass is 9.85. The quantitative estimate of drug-likeness (QED) is 0.193. The van der Waals surface area contributed by atoms with Crippen LogP contribution in [0.25, 0.3) is 76.4 Å². The molecule has 3 heterocycles. The molecule has 0 bridgehead atoms. The van der Waals surface area contributed by atoms with Crippen molar-refractivity contribution in [3.63, 3.8) is 0 Å². The molecule has 0 saturated heterocycles. The third-order valence-electron chi connectivity index (χ3n) is 9.71. The standard InChI is InChI=1S/C42H27N3/c1-2-10-31-30(8-1)25-35(33-12-4-3-11-32(31)33)27-17-15-26(16-18-27)29-20-22-38-36(24-29)40-34(21-19-28-9-7-23-43-41(28)40)42-44-37-13-5-6-14-39(37)45(38)42/h1-15,17-26H,16H2. The van der Waals surface area contributed by atoms with Crippen LogP contribution >= 0.6 is 0 Å². The Balaban J connectivity index is 1.15. The predicted molar refractivity (Wildman–Crippen MR) is 189 cm³/mol. The molecule has 6 aromatic carbocycles. The maximum absolute atomic E-state index is 5.11. The number of hydrogen-bond acceptors (Lipinski definition) is 2. The van der Waals surface area contributed by atoms with Gasteiger partial charge in [-0.25, -0.2) is 4.98 Å². The molecule has 0 saturated carbocycles. The maximum Gasteiger partial charge on any atom is 0.146 e. The first-order chi connectivity index (χ1) is 22.3. The molecule has 0 radical (unpaired) electrons. The van der Waals surface area contributed by atoms with E-state index in [1.54, 1.807) is 0 Å². The van der Waals surface area contributed by atoms with Gasteiger partial charge in [-0.15, -0.1) is 0 Å². The van der Waals surface area contributed by atoms with Gasteiger partial charge in [-0.1, -0.05) is 97.1 Å². The van der Waals surface area contributed by atoms with Crippen LogP contribution in [0.5, 0.6) is 0 Å². The van der Waals surface area contributed by atoms with Crippen molar-refractivity contribution in [3.8, 4) is 0 Å². The third kappa shape index (κ3) is 3.58. The molecule has 0 spiro atoms. The van der Waals surface area contributed by atoms with Crippen LogP contribution < -0.4 is 0 Å². The Bertz CT molecular complexity index is 2750. The fraction of sp³-hybridized carbons (Fsp3) is 0.0476. The highest BCUT2D eigenvalue weighted by atomic mass is 15.0. The molecule has 0 amide bonds. The van der Waals surface area contributed by atoms with Crippen molar-refractivity contribution >= 4 is 76.4 Å². The fourth-order valence-electron chi connectivity index (χ4n) is 7.59. The van der Waals surface area contributed by atoms with E-state index in [4.69, 9.17) is 9.97 Å². The zero-order chi connectivity index (χ0) is 29.5. The molecule has 3 heteroatoms. The van der Waals surface area contributed by atoms with Crippen molar-refractivity contribution < 1.29 is 0 Å². The molecule has 1 aliphatic carbocycles. The Morgan fingerprint density at radius 2 is 1.44 bits per heavy atom. The summed E-state index contributed by atoms with van der Waals surface area (Å²) in [7, 11) is 0. The van der Waals surface area contributed by atoms with Crippen LogP contribution in [0.2, 0.25) is 0 Å². The normalized spacial score (nSPS) is 15.3. The van der Waals surface area contributed by atoms with Crippen LogP contribution in [0.1, 0.15) is 23.5 Å². The summed E-state index contributed by atoms with van der Waals surface area (Å²) in [5, 5.41) is 9.86. The second-order valence-corrected chi connectivity index (χ2v) is 12.2. The van der Waals surface area contributed by atoms with E-state index in [1.807, 2.05) is 12.3 Å². The Kier molecular flexibility index (Phi) is 5.11. The summed E-state index contributed by atoms with van der Waals surface area (Å²) in [6.07, 6.45) is 10.00. The van der Waals surface area contributed by atoms with E-state index >= 15 is 0 Å². The van der Waals surface area contributed by atoms with E-state index in [1.165, 1.54) is 49.0 Å². The van der Waals surface area contributed by atoms with E-state index in [9.17, 15) is 0 Å². The number of aromatic nitrogens is 3. The van der Waals surface area contributed by atoms with Gasteiger partial charge in [0.15, 0.2) is 0 Å². The topological polar surface area (TPSA) is 30.2 Å². The average Bonchev–Trinajstić information content (AvgIpc) is 3.51. The predicted octanol–water partition coefficient (Wildman–Crippen LogP) is 10.8. The van der Waals surface area contributed by atoms with Gasteiger partial charge in [0.05, 0.1) is 22.1 Å². The number of imidazole rings is 1. The molecule has 1 unspecified atom stereocenters. The van der Waals surface area contributed by atoms with E-state index in [0.717, 1.165) is 44.9 Å². The molecule has 1 atom stereocenters. The smallest absolute Gasteiger partial charge is 0.146 e. The largest absolute Gasteiger partial charge is 0.292 e. The minimum atomic E-state index is 0.290. The summed E-state index contributed by atoms with van der Waals surface area (Å²) >= 11 is 0. The molecular weight excluding hydrogens is 546 g/mol. The molecule has 3 nitrogen and oxygen atoms in total. The highest BCUT2D eigenvalue weighted by molar-refractivity contribution is 6.23. The van der Waals surface area contributed by atoms with Gasteiger partial charge >= 0.3 is 0 Å². The van der Waals surface area contributed by atoms with Crippen LogP contribution in [0.4, 0.5) is 0 Å². The van der Waals surface area contributed by atoms with Gasteiger partial charge in [0.1, 0.15) is 5.65 Å². The average molecular weight is 574 g/mol. The highest BCUT2D eigenvalue weighted by Gasteiger charge is 2.19. The van der Waals surface area contributed by atoms with Crippen molar-refractivity contribution in [1.82, 2.24) is 14.4 Å². The minimum absolute atomic E-state index is 0.290. The van der Waals surface area contributed by atoms with Crippen LogP contribution in [-0.2, 0) is 0 Å². The monoisotopic (exact) mass is 573 g/mol. The maximum atomic E-state index is 5.11. The summed E-state index contributed by atoms with van der Waals surface area (Å²) in [5.74, 6) is 0.290. The molecule has 45 heavy (non-hydrogen) atoms. The molecule has 0 fully saturated rings. The lowest BCUT2D eigenvalue weighted by Gasteiger charge is -2.20. The van der Waals surface area contributed by atoms with Gasteiger partial charge in [-0.2, -0.15) is 0 Å². The number of hydrogen-bond donors (Lipinski definition) is 0. The summed E-state index contributed by atoms with van der Waals surface area (Å²) in [4.78, 5) is 10.00. The highest BCUT2D eigenvalue weighted by Crippen LogP contribution is 2.40. The molecular formula is C42H27N3. The van der Waals surface area contributed by atoms with Crippen LogP contribution in [0.3, 0.4) is 0 Å². The molecule has 3 aromatic heterocycles. The molecule has 1 aliphatic rings. The Morgan fingerprint density at radius 1 is 0.622 bits per heavy atom. The van der Waals surface area contributed by atoms with Crippen LogP contribution in [-0.4, -0.2) is 14.4 Å². The summed E-state index contributed by atoms with van der Waals surface area (Å²) in [5.41, 5.74) is 9.20. The van der Waals surface area contributed by atoms with Crippen molar-refractivity contribution in [2.45, 2.75) is 12.3 Å². The lowest BCUT2D eigenvalue weighted by Crippen LogP contribution is -2.01. The number of nitrogens with zero attached hydrogens (tertiary/aromatic N) is 3. The van der Waals surface area contributed by atoms with Crippen molar-refractivity contribution in [2.75, 3.05) is 0 Å². The zero-order valence-corrected chi connectivity index (χ0v) is 24.5. The van der Waals surface area contributed by atoms with Crippen LogP contribution in [0, 0.1) is 0 Å². The minimum Gasteiger partial charge on any atom is -0.292 e. The van der Waals surface area contributed by atoms with Crippen molar-refractivity contribution in [2.24, 2.45) is 0 Å². The van der Waals surface area contributed by atoms with Gasteiger partial charge in [0.2, 0.25) is 0 Å². The Hall–Kier alpha value is -5.80. The molecule has 0 N–H and O–H groups in total. The van der Waals surface area contributed by atoms with Gasteiger partial charge < -0.3 is 0 Å². The first-order valence-corrected chi connectivity index (χ1v) is 15.6. The molecule has 0 aliphatic heterocycles. The van der Waals surface area contributed by atoms with Gasteiger partial charge in [0, 0.05) is 33.7 Å². The summed E-state index contributed by atoms with van der Waals surface area (Å²) in [6.45, 7) is 0. The Morgan fingerprint density at radius 3 is 2.36 bits per heavy atom. The Labute approximate surface area is 259 Å². The van der Waals surface area contributed by atoms with Crippen molar-refractivity contribution in [3.05, 3.63) is 157 Å². The van der Waals surface area contributed by atoms with Crippen molar-refractivity contribution in [1.29, 1.82) is 0 Å². The van der Waals surface area contributed by atoms with Gasteiger partial charge in [-0.3, -0.25) is 9.38 Å². The van der Waals surface area contributed by atoms with E-state index < -0.39 is 0 Å². The summed E-state index contributed by atoms with van der Waals surface area (Å²) in [6, 6.07) is 43.8. The zero-order valence-electron chi connectivity index (χ0n) is 24.5. The number of rotatable bonds is 2. The van der Waals surface area contributed by atoms with E-state index in [2.05, 4.69) is 138 Å². The number of fused-ring (bicyclic) bond motifs is 13. The SMILES string of the molecule is C1=CC(c2ccc3c(c2)c2c(ccc4cccnc42)c2nc4ccccc4n32)CC=C1c1cc2ccccc2c2ccccc12. The van der Waals surface area contributed by atoms with Gasteiger partial charge in [0.25, 0.3) is 0 Å². The number of allylic oxidation sites excluding steroid dienone is 4. The second kappa shape index (κ2) is 9.35. The lowest BCUT2D eigenvalue weighted by molar-refractivity contribution is 0.858. The van der Waals surface area contributed by atoms with E-state index in [-0.39, 0.29) is 5.92 Å². The number of para-hydroxylation sites is 2. The fourth-order valence-corrected chi connectivity index (χ4v) is 7.59. The van der Waals surface area contributed by atoms with E-state index in [0.29, 0.717) is 0 Å². The van der Waals surface area contributed by atoms with Gasteiger partial charge in [-0.05, 0) is 87.1 Å². The first kappa shape index (κ1) is 24.6. The number of benzene rings is 6. The van der Waals surface area contributed by atoms with Crippen LogP contribution in [0.15, 0.2) is 146 Å². The first-order valence-electron chi connectivity index (χ1n) is 15.6.